The van der Waals surface area contributed by atoms with E-state index in [2.05, 4.69) is 37.6 Å². The average molecular weight is 548 g/mol. The molecular weight excluding hydrogens is 517 g/mol. The maximum absolute atomic E-state index is 14.8. The molecule has 11 heteroatoms. The van der Waals surface area contributed by atoms with Crippen molar-refractivity contribution in [1.29, 1.82) is 0 Å². The molecule has 0 atom stereocenters. The highest BCUT2D eigenvalue weighted by Gasteiger charge is 2.25. The van der Waals surface area contributed by atoms with Crippen LogP contribution in [0.3, 0.4) is 0 Å². The van der Waals surface area contributed by atoms with E-state index in [4.69, 9.17) is 16.3 Å². The lowest BCUT2D eigenvalue weighted by Gasteiger charge is -2.18. The molecule has 8 nitrogen and oxygen atoms in total. The van der Waals surface area contributed by atoms with Crippen molar-refractivity contribution in [2.75, 3.05) is 44.0 Å². The number of anilines is 4. The molecule has 0 amide bonds. The second-order valence-electron chi connectivity index (χ2n) is 9.16. The smallest absolute Gasteiger partial charge is 0.229 e. The molecule has 1 aliphatic rings. The van der Waals surface area contributed by atoms with Gasteiger partial charge in [0.25, 0.3) is 0 Å². The van der Waals surface area contributed by atoms with E-state index in [0.717, 1.165) is 38.2 Å². The highest BCUT2D eigenvalue weighted by atomic mass is 35.5. The molecule has 2 aromatic carbocycles. The van der Waals surface area contributed by atoms with Crippen LogP contribution in [0.4, 0.5) is 27.5 Å². The highest BCUT2D eigenvalue weighted by molar-refractivity contribution is 7.92. The molecule has 0 fully saturated rings. The fraction of sp³-hybridized carbons (Fsp3) is 0.385. The number of nitrogens with one attached hydrogen (secondary N) is 2. The van der Waals surface area contributed by atoms with Crippen molar-refractivity contribution in [3.8, 4) is 0 Å². The lowest BCUT2D eigenvalue weighted by molar-refractivity contribution is 0.150. The van der Waals surface area contributed by atoms with Crippen LogP contribution in [0.1, 0.15) is 25.0 Å². The third-order valence-corrected chi connectivity index (χ3v) is 8.83. The van der Waals surface area contributed by atoms with Crippen LogP contribution in [0.5, 0.6) is 0 Å². The lowest BCUT2D eigenvalue weighted by atomic mass is 10.0. The summed E-state index contributed by atoms with van der Waals surface area (Å²) in [5, 5.41) is 5.36. The number of ether oxygens (including phenoxy) is 1. The van der Waals surface area contributed by atoms with Crippen LogP contribution in [0.15, 0.2) is 47.5 Å². The molecule has 1 aromatic heterocycles. The van der Waals surface area contributed by atoms with Gasteiger partial charge in [-0.25, -0.2) is 17.8 Å². The van der Waals surface area contributed by atoms with Crippen molar-refractivity contribution in [3.63, 3.8) is 0 Å². The third kappa shape index (κ3) is 6.38. The average Bonchev–Trinajstić information content (AvgIpc) is 3.07. The van der Waals surface area contributed by atoms with Crippen LogP contribution < -0.4 is 10.6 Å². The first-order valence-corrected chi connectivity index (χ1v) is 14.0. The topological polar surface area (TPSA) is 96.5 Å². The van der Waals surface area contributed by atoms with Gasteiger partial charge in [-0.2, -0.15) is 4.98 Å². The fourth-order valence-electron chi connectivity index (χ4n) is 4.17. The van der Waals surface area contributed by atoms with Gasteiger partial charge in [-0.15, -0.1) is 0 Å². The van der Waals surface area contributed by atoms with Crippen molar-refractivity contribution >= 4 is 44.6 Å². The van der Waals surface area contributed by atoms with E-state index in [1.165, 1.54) is 35.5 Å². The molecule has 198 valence electrons. The zero-order valence-corrected chi connectivity index (χ0v) is 22.7. The summed E-state index contributed by atoms with van der Waals surface area (Å²) >= 11 is 6.29. The number of halogens is 2. The summed E-state index contributed by atoms with van der Waals surface area (Å²) in [5.41, 5.74) is 3.17. The van der Waals surface area contributed by atoms with Gasteiger partial charge in [0.05, 0.1) is 28.6 Å². The van der Waals surface area contributed by atoms with Crippen LogP contribution in [0.25, 0.3) is 0 Å². The summed E-state index contributed by atoms with van der Waals surface area (Å²) in [6.07, 6.45) is 3.27. The zero-order valence-electron chi connectivity index (χ0n) is 21.1. The van der Waals surface area contributed by atoms with Crippen molar-refractivity contribution in [1.82, 2.24) is 14.9 Å². The Morgan fingerprint density at radius 3 is 2.62 bits per heavy atom. The molecule has 2 N–H and O–H groups in total. The van der Waals surface area contributed by atoms with Crippen molar-refractivity contribution in [2.45, 2.75) is 36.8 Å². The number of fused-ring (bicyclic) bond motifs is 1. The van der Waals surface area contributed by atoms with Gasteiger partial charge < -0.3 is 20.3 Å². The van der Waals surface area contributed by atoms with Gasteiger partial charge in [-0.3, -0.25) is 0 Å². The minimum Gasteiger partial charge on any atom is -0.383 e. The number of nitrogens with zero attached hydrogens (tertiary/aromatic N) is 3. The number of sulfone groups is 1. The summed E-state index contributed by atoms with van der Waals surface area (Å²) in [7, 11) is -2.04. The first-order chi connectivity index (χ1) is 17.7. The molecule has 37 heavy (non-hydrogen) atoms. The minimum absolute atomic E-state index is 0.0908. The number of hydrogen-bond donors (Lipinski definition) is 2. The predicted octanol–water partition coefficient (Wildman–Crippen LogP) is 4.99. The standard InChI is InChI=1S/C26H31ClFN5O3S/c1-17(2)37(34,35)23-6-4-5-22(28)24(23)31-25-21(27)16-29-26(32-25)30-20-8-7-18-9-11-33(13-14-36-3)12-10-19(18)15-20/h4-8,15-17H,9-14H2,1-3H3,(H2,29,30,31,32). The van der Waals surface area contributed by atoms with E-state index in [1.54, 1.807) is 21.0 Å². The Kier molecular flexibility index (Phi) is 8.63. The Labute approximate surface area is 222 Å². The van der Waals surface area contributed by atoms with Crippen LogP contribution in [0, 0.1) is 5.82 Å². The maximum atomic E-state index is 14.8. The molecule has 0 radical (unpaired) electrons. The van der Waals surface area contributed by atoms with E-state index in [0.29, 0.717) is 6.61 Å². The van der Waals surface area contributed by atoms with Crippen LogP contribution in [-0.2, 0) is 27.4 Å². The molecule has 0 saturated carbocycles. The fourth-order valence-corrected chi connectivity index (χ4v) is 5.52. The molecule has 4 rings (SSSR count). The van der Waals surface area contributed by atoms with E-state index >= 15 is 0 Å². The van der Waals surface area contributed by atoms with E-state index < -0.39 is 20.9 Å². The number of para-hydroxylation sites is 1. The van der Waals surface area contributed by atoms with Gasteiger partial charge >= 0.3 is 0 Å². The van der Waals surface area contributed by atoms with Crippen molar-refractivity contribution in [3.05, 3.63) is 64.6 Å². The Hall–Kier alpha value is -2.79. The SMILES string of the molecule is COCCN1CCc2ccc(Nc3ncc(Cl)c(Nc4c(F)cccc4S(=O)(=O)C(C)C)n3)cc2CC1. The lowest BCUT2D eigenvalue weighted by Crippen LogP contribution is -2.29. The second kappa shape index (κ2) is 11.7. The normalized spacial score (nSPS) is 14.3. The van der Waals surface area contributed by atoms with Crippen molar-refractivity contribution < 1.29 is 17.5 Å². The molecule has 0 aliphatic carbocycles. The highest BCUT2D eigenvalue weighted by Crippen LogP contribution is 2.33. The largest absolute Gasteiger partial charge is 0.383 e. The zero-order chi connectivity index (χ0) is 26.6. The summed E-state index contributed by atoms with van der Waals surface area (Å²) in [6, 6.07) is 10.1. The van der Waals surface area contributed by atoms with Crippen LogP contribution in [0.2, 0.25) is 5.02 Å². The van der Waals surface area contributed by atoms with Gasteiger partial charge in [0, 0.05) is 32.4 Å². The van der Waals surface area contributed by atoms with E-state index in [1.807, 2.05) is 6.07 Å². The first-order valence-electron chi connectivity index (χ1n) is 12.1. The number of hydrogen-bond acceptors (Lipinski definition) is 8. The number of methoxy groups -OCH3 is 1. The summed E-state index contributed by atoms with van der Waals surface area (Å²) in [4.78, 5) is 10.9. The Bertz CT molecular complexity index is 1370. The summed E-state index contributed by atoms with van der Waals surface area (Å²) < 4.78 is 45.6. The molecule has 0 bridgehead atoms. The minimum atomic E-state index is -3.76. The van der Waals surface area contributed by atoms with E-state index in [-0.39, 0.29) is 27.4 Å². The predicted molar refractivity (Wildman–Crippen MR) is 144 cm³/mol. The molecular formula is C26H31ClFN5O3S. The Morgan fingerprint density at radius 2 is 1.89 bits per heavy atom. The first kappa shape index (κ1) is 27.3. The molecule has 0 spiro atoms. The van der Waals surface area contributed by atoms with Crippen LogP contribution >= 0.6 is 11.6 Å². The third-order valence-electron chi connectivity index (χ3n) is 6.36. The quantitative estimate of drug-likeness (QED) is 0.387. The number of aromatic nitrogens is 2. The Morgan fingerprint density at radius 1 is 1.14 bits per heavy atom. The number of benzene rings is 2. The second-order valence-corrected chi connectivity index (χ2v) is 12.0. The molecule has 0 unspecified atom stereocenters. The van der Waals surface area contributed by atoms with E-state index in [9.17, 15) is 12.8 Å². The molecule has 0 saturated heterocycles. The van der Waals surface area contributed by atoms with Gasteiger partial charge in [-0.1, -0.05) is 23.7 Å². The molecule has 1 aliphatic heterocycles. The van der Waals surface area contributed by atoms with Gasteiger partial charge in [0.2, 0.25) is 5.95 Å². The molecule has 2 heterocycles. The summed E-state index contributed by atoms with van der Waals surface area (Å²) in [5.74, 6) is -0.393. The molecule has 3 aromatic rings. The van der Waals surface area contributed by atoms with Gasteiger partial charge in [0.1, 0.15) is 10.8 Å². The van der Waals surface area contributed by atoms with Crippen molar-refractivity contribution in [2.24, 2.45) is 0 Å². The van der Waals surface area contributed by atoms with Gasteiger partial charge in [0.15, 0.2) is 15.7 Å². The van der Waals surface area contributed by atoms with Crippen LogP contribution in [-0.4, -0.2) is 61.9 Å². The monoisotopic (exact) mass is 547 g/mol. The Balaban J connectivity index is 1.56. The summed E-state index contributed by atoms with van der Waals surface area (Å²) in [6.45, 7) is 6.65. The number of rotatable bonds is 9. The van der Waals surface area contributed by atoms with Gasteiger partial charge in [-0.05, 0) is 62.1 Å². The maximum Gasteiger partial charge on any atom is 0.229 e.